The number of carbonyl (C=O) groups excluding carboxylic acids is 1. The van der Waals surface area contributed by atoms with Gasteiger partial charge in [-0.15, -0.1) is 15.3 Å². The molecule has 0 atom stereocenters. The molecule has 34 heavy (non-hydrogen) atoms. The average Bonchev–Trinajstić information content (AvgIpc) is 3.28. The molecule has 0 unspecified atom stereocenters. The third-order valence-electron chi connectivity index (χ3n) is 4.73. The summed E-state index contributed by atoms with van der Waals surface area (Å²) in [6.07, 6.45) is 0. The van der Waals surface area contributed by atoms with Crippen molar-refractivity contribution in [2.75, 3.05) is 34.0 Å². The standard InChI is InChI=1S/C23H22FN5O5/c1-31-16-6-7-18(19(13-16)32-2)23-27-26-20-8-9-22(28-29(20)23)33-11-10-25-21(30)14-34-17-5-3-4-15(24)12-17/h3-9,12-13H,10-11,14H2,1-2H3,(H,25,30). The van der Waals surface area contributed by atoms with Crippen LogP contribution in [0.1, 0.15) is 0 Å². The zero-order valence-electron chi connectivity index (χ0n) is 18.5. The Bertz CT molecular complexity index is 1300. The lowest BCUT2D eigenvalue weighted by molar-refractivity contribution is -0.123. The molecule has 0 aliphatic carbocycles. The first-order valence-corrected chi connectivity index (χ1v) is 10.3. The number of hydrogen-bond acceptors (Lipinski definition) is 8. The molecule has 4 aromatic rings. The van der Waals surface area contributed by atoms with Crippen molar-refractivity contribution in [3.8, 4) is 34.5 Å². The van der Waals surface area contributed by atoms with Gasteiger partial charge in [-0.2, -0.15) is 4.52 Å². The first-order valence-electron chi connectivity index (χ1n) is 10.3. The molecule has 11 heteroatoms. The van der Waals surface area contributed by atoms with Gasteiger partial charge in [0.25, 0.3) is 5.91 Å². The molecule has 0 bridgehead atoms. The maximum absolute atomic E-state index is 13.1. The van der Waals surface area contributed by atoms with Gasteiger partial charge in [-0.05, 0) is 30.3 Å². The highest BCUT2D eigenvalue weighted by Gasteiger charge is 2.16. The summed E-state index contributed by atoms with van der Waals surface area (Å²) in [6.45, 7) is 0.168. The SMILES string of the molecule is COc1ccc(-c2nnc3ccc(OCCNC(=O)COc4cccc(F)c4)nn23)c(OC)c1. The Kier molecular flexibility index (Phi) is 7.01. The van der Waals surface area contributed by atoms with Crippen molar-refractivity contribution in [3.63, 3.8) is 0 Å². The number of hydrogen-bond donors (Lipinski definition) is 1. The molecule has 0 aliphatic heterocycles. The Balaban J connectivity index is 1.35. The van der Waals surface area contributed by atoms with Gasteiger partial charge in [0, 0.05) is 18.2 Å². The van der Waals surface area contributed by atoms with Gasteiger partial charge in [-0.25, -0.2) is 4.39 Å². The van der Waals surface area contributed by atoms with Crippen LogP contribution in [0.4, 0.5) is 4.39 Å². The molecule has 10 nitrogen and oxygen atoms in total. The molecule has 2 aromatic carbocycles. The molecule has 0 saturated heterocycles. The molecular formula is C23H22FN5O5. The molecular weight excluding hydrogens is 445 g/mol. The predicted molar refractivity (Wildman–Crippen MR) is 120 cm³/mol. The molecule has 2 aromatic heterocycles. The van der Waals surface area contributed by atoms with Crippen LogP contribution in [0, 0.1) is 5.82 Å². The first kappa shape index (κ1) is 22.8. The fraction of sp³-hybridized carbons (Fsp3) is 0.217. The first-order chi connectivity index (χ1) is 16.6. The van der Waals surface area contributed by atoms with E-state index in [2.05, 4.69) is 20.6 Å². The quantitative estimate of drug-likeness (QED) is 0.355. The summed E-state index contributed by atoms with van der Waals surface area (Å²) in [5.74, 6) is 1.50. The van der Waals surface area contributed by atoms with Crippen molar-refractivity contribution in [1.29, 1.82) is 0 Å². The minimum absolute atomic E-state index is 0.174. The monoisotopic (exact) mass is 467 g/mol. The second-order valence-corrected chi connectivity index (χ2v) is 6.98. The highest BCUT2D eigenvalue weighted by molar-refractivity contribution is 5.77. The Morgan fingerprint density at radius 3 is 2.68 bits per heavy atom. The van der Waals surface area contributed by atoms with E-state index >= 15 is 0 Å². The minimum Gasteiger partial charge on any atom is -0.497 e. The zero-order valence-corrected chi connectivity index (χ0v) is 18.5. The second-order valence-electron chi connectivity index (χ2n) is 6.98. The number of halogens is 1. The maximum atomic E-state index is 13.1. The Labute approximate surface area is 194 Å². The maximum Gasteiger partial charge on any atom is 0.258 e. The summed E-state index contributed by atoms with van der Waals surface area (Å²) in [5, 5.41) is 15.5. The molecule has 2 heterocycles. The summed E-state index contributed by atoms with van der Waals surface area (Å²) in [7, 11) is 3.13. The molecule has 1 N–H and O–H groups in total. The summed E-state index contributed by atoms with van der Waals surface area (Å²) < 4.78 is 36.3. The van der Waals surface area contributed by atoms with E-state index in [4.69, 9.17) is 18.9 Å². The molecule has 0 spiro atoms. The second kappa shape index (κ2) is 10.5. The molecule has 0 aliphatic rings. The van der Waals surface area contributed by atoms with Crippen LogP contribution in [0.5, 0.6) is 23.1 Å². The van der Waals surface area contributed by atoms with E-state index in [1.807, 2.05) is 6.07 Å². The van der Waals surface area contributed by atoms with Gasteiger partial charge in [0.1, 0.15) is 29.7 Å². The molecule has 0 radical (unpaired) electrons. The average molecular weight is 467 g/mol. The van der Waals surface area contributed by atoms with Crippen molar-refractivity contribution in [2.45, 2.75) is 0 Å². The smallest absolute Gasteiger partial charge is 0.258 e. The van der Waals surface area contributed by atoms with Crippen LogP contribution in [0.3, 0.4) is 0 Å². The summed E-state index contributed by atoms with van der Waals surface area (Å²) in [5.41, 5.74) is 1.22. The number of methoxy groups -OCH3 is 2. The third-order valence-corrected chi connectivity index (χ3v) is 4.73. The third kappa shape index (κ3) is 5.31. The number of amides is 1. The number of nitrogens with zero attached hydrogens (tertiary/aromatic N) is 4. The van der Waals surface area contributed by atoms with Crippen molar-refractivity contribution < 1.29 is 28.1 Å². The van der Waals surface area contributed by atoms with Crippen LogP contribution in [-0.2, 0) is 4.79 Å². The zero-order chi connectivity index (χ0) is 23.9. The van der Waals surface area contributed by atoms with E-state index in [1.54, 1.807) is 49.1 Å². The van der Waals surface area contributed by atoms with E-state index in [0.29, 0.717) is 34.4 Å². The number of rotatable bonds is 10. The molecule has 176 valence electrons. The predicted octanol–water partition coefficient (Wildman–Crippen LogP) is 2.52. The number of aromatic nitrogens is 4. The van der Waals surface area contributed by atoms with Gasteiger partial charge >= 0.3 is 0 Å². The van der Waals surface area contributed by atoms with Gasteiger partial charge in [0.2, 0.25) is 5.88 Å². The minimum atomic E-state index is -0.433. The fourth-order valence-electron chi connectivity index (χ4n) is 3.10. The number of ether oxygens (including phenoxy) is 4. The van der Waals surface area contributed by atoms with E-state index in [0.717, 1.165) is 0 Å². The lowest BCUT2D eigenvalue weighted by Gasteiger charge is -2.10. The number of fused-ring (bicyclic) bond motifs is 1. The summed E-state index contributed by atoms with van der Waals surface area (Å²) in [6, 6.07) is 14.3. The highest BCUT2D eigenvalue weighted by Crippen LogP contribution is 2.32. The van der Waals surface area contributed by atoms with E-state index in [-0.39, 0.29) is 31.4 Å². The van der Waals surface area contributed by atoms with E-state index < -0.39 is 5.82 Å². The summed E-state index contributed by atoms with van der Waals surface area (Å²) in [4.78, 5) is 11.9. The van der Waals surface area contributed by atoms with Crippen LogP contribution in [-0.4, -0.2) is 59.7 Å². The fourth-order valence-corrected chi connectivity index (χ4v) is 3.10. The van der Waals surface area contributed by atoms with Crippen molar-refractivity contribution in [3.05, 3.63) is 60.4 Å². The van der Waals surface area contributed by atoms with Gasteiger partial charge in [0.05, 0.1) is 26.3 Å². The van der Waals surface area contributed by atoms with Crippen molar-refractivity contribution in [2.24, 2.45) is 0 Å². The Hall–Kier alpha value is -4.41. The van der Waals surface area contributed by atoms with Gasteiger partial charge in [-0.1, -0.05) is 6.07 Å². The molecule has 1 amide bonds. The molecule has 4 rings (SSSR count). The number of benzene rings is 2. The molecule has 0 saturated carbocycles. The Morgan fingerprint density at radius 2 is 1.88 bits per heavy atom. The van der Waals surface area contributed by atoms with Crippen molar-refractivity contribution in [1.82, 2.24) is 25.1 Å². The Morgan fingerprint density at radius 1 is 1.00 bits per heavy atom. The van der Waals surface area contributed by atoms with Crippen molar-refractivity contribution >= 4 is 11.6 Å². The van der Waals surface area contributed by atoms with E-state index in [9.17, 15) is 9.18 Å². The normalized spacial score (nSPS) is 10.7. The van der Waals surface area contributed by atoms with E-state index in [1.165, 1.54) is 18.2 Å². The highest BCUT2D eigenvalue weighted by atomic mass is 19.1. The van der Waals surface area contributed by atoms with Gasteiger partial charge in [0.15, 0.2) is 18.1 Å². The summed E-state index contributed by atoms with van der Waals surface area (Å²) >= 11 is 0. The van der Waals surface area contributed by atoms with Crippen LogP contribution in [0.25, 0.3) is 17.0 Å². The largest absolute Gasteiger partial charge is 0.497 e. The van der Waals surface area contributed by atoms with Crippen LogP contribution >= 0.6 is 0 Å². The van der Waals surface area contributed by atoms with Crippen LogP contribution in [0.2, 0.25) is 0 Å². The van der Waals surface area contributed by atoms with Crippen LogP contribution < -0.4 is 24.3 Å². The number of carbonyl (C=O) groups is 1. The number of nitrogens with one attached hydrogen (secondary N) is 1. The lowest BCUT2D eigenvalue weighted by atomic mass is 10.2. The molecule has 0 fully saturated rings. The lowest BCUT2D eigenvalue weighted by Crippen LogP contribution is -2.32. The van der Waals surface area contributed by atoms with Gasteiger partial charge in [-0.3, -0.25) is 4.79 Å². The van der Waals surface area contributed by atoms with Crippen LogP contribution in [0.15, 0.2) is 54.6 Å². The van der Waals surface area contributed by atoms with Gasteiger partial charge < -0.3 is 24.3 Å². The topological polar surface area (TPSA) is 109 Å².